The van der Waals surface area contributed by atoms with Crippen LogP contribution >= 0.6 is 0 Å². The molecule has 0 bridgehead atoms. The lowest BCUT2D eigenvalue weighted by Crippen LogP contribution is -2.40. The highest BCUT2D eigenvalue weighted by atomic mass is 16.5. The van der Waals surface area contributed by atoms with Gasteiger partial charge in [0.15, 0.2) is 0 Å². The third-order valence-electron chi connectivity index (χ3n) is 5.92. The predicted octanol–water partition coefficient (Wildman–Crippen LogP) is 4.95. The largest absolute Gasteiger partial charge is 0.497 e. The molecule has 1 heterocycles. The second kappa shape index (κ2) is 9.38. The van der Waals surface area contributed by atoms with E-state index in [0.29, 0.717) is 0 Å². The van der Waals surface area contributed by atoms with Gasteiger partial charge in [0.05, 0.1) is 12.7 Å². The molecular weight excluding hydrogens is 334 g/mol. The SMILES string of the molecule is CCCC[C@@](O)(c1ccc(OC)cc1)[C@@H](CN1CCCC1)c1ccccc1. The van der Waals surface area contributed by atoms with Gasteiger partial charge in [-0.3, -0.25) is 0 Å². The smallest absolute Gasteiger partial charge is 0.118 e. The summed E-state index contributed by atoms with van der Waals surface area (Å²) in [5.41, 5.74) is 1.33. The van der Waals surface area contributed by atoms with Crippen molar-refractivity contribution in [3.63, 3.8) is 0 Å². The van der Waals surface area contributed by atoms with Gasteiger partial charge in [-0.1, -0.05) is 62.2 Å². The van der Waals surface area contributed by atoms with E-state index in [9.17, 15) is 5.11 Å². The molecule has 0 spiro atoms. The van der Waals surface area contributed by atoms with Gasteiger partial charge in [0.1, 0.15) is 5.75 Å². The average molecular weight is 368 g/mol. The molecule has 0 unspecified atom stereocenters. The number of nitrogens with zero attached hydrogens (tertiary/aromatic N) is 1. The summed E-state index contributed by atoms with van der Waals surface area (Å²) in [6, 6.07) is 18.6. The van der Waals surface area contributed by atoms with Crippen molar-refractivity contribution in [3.05, 3.63) is 65.7 Å². The van der Waals surface area contributed by atoms with Gasteiger partial charge >= 0.3 is 0 Å². The molecule has 1 saturated heterocycles. The topological polar surface area (TPSA) is 32.7 Å². The van der Waals surface area contributed by atoms with Gasteiger partial charge in [0.2, 0.25) is 0 Å². The van der Waals surface area contributed by atoms with Crippen molar-refractivity contribution in [2.24, 2.45) is 0 Å². The van der Waals surface area contributed by atoms with Crippen LogP contribution in [0.15, 0.2) is 54.6 Å². The zero-order valence-electron chi connectivity index (χ0n) is 16.7. The van der Waals surface area contributed by atoms with Crippen LogP contribution in [0, 0.1) is 0 Å². The first-order chi connectivity index (χ1) is 13.2. The standard InChI is InChI=1S/C24H33NO2/c1-3-4-16-24(26,21-12-14-22(27-2)15-13-21)23(19-25-17-8-9-18-25)20-10-6-5-7-11-20/h5-7,10-15,23,26H,3-4,8-9,16-19H2,1-2H3/t23-,24+/m0/s1. The predicted molar refractivity (Wildman–Crippen MR) is 111 cm³/mol. The second-order valence-corrected chi connectivity index (χ2v) is 7.73. The second-order valence-electron chi connectivity index (χ2n) is 7.73. The van der Waals surface area contributed by atoms with Gasteiger partial charge < -0.3 is 14.7 Å². The highest BCUT2D eigenvalue weighted by Crippen LogP contribution is 2.42. The van der Waals surface area contributed by atoms with Gasteiger partial charge in [0.25, 0.3) is 0 Å². The molecule has 1 aliphatic heterocycles. The van der Waals surface area contributed by atoms with E-state index in [0.717, 1.165) is 50.2 Å². The molecule has 0 saturated carbocycles. The molecule has 1 fully saturated rings. The van der Waals surface area contributed by atoms with Crippen LogP contribution in [0.25, 0.3) is 0 Å². The Morgan fingerprint density at radius 2 is 1.70 bits per heavy atom. The van der Waals surface area contributed by atoms with Gasteiger partial charge in [0, 0.05) is 12.5 Å². The highest BCUT2D eigenvalue weighted by molar-refractivity contribution is 5.35. The Morgan fingerprint density at radius 3 is 2.30 bits per heavy atom. The summed E-state index contributed by atoms with van der Waals surface area (Å²) >= 11 is 0. The van der Waals surface area contributed by atoms with Crippen LogP contribution in [0.4, 0.5) is 0 Å². The highest BCUT2D eigenvalue weighted by Gasteiger charge is 2.40. The molecule has 146 valence electrons. The molecule has 3 rings (SSSR count). The first-order valence-electron chi connectivity index (χ1n) is 10.3. The number of hydrogen-bond donors (Lipinski definition) is 1. The van der Waals surface area contributed by atoms with Crippen LogP contribution < -0.4 is 4.74 Å². The summed E-state index contributed by atoms with van der Waals surface area (Å²) in [4.78, 5) is 2.51. The van der Waals surface area contributed by atoms with Crippen molar-refractivity contribution in [1.82, 2.24) is 4.90 Å². The van der Waals surface area contributed by atoms with E-state index in [-0.39, 0.29) is 5.92 Å². The molecule has 0 aromatic heterocycles. The van der Waals surface area contributed by atoms with Gasteiger partial charge in [-0.2, -0.15) is 0 Å². The minimum absolute atomic E-state index is 0.0525. The molecule has 0 aliphatic carbocycles. The number of rotatable bonds is 9. The molecule has 0 radical (unpaired) electrons. The maximum atomic E-state index is 12.1. The van der Waals surface area contributed by atoms with Crippen molar-refractivity contribution in [1.29, 1.82) is 0 Å². The molecular formula is C24H33NO2. The number of unbranched alkanes of at least 4 members (excludes halogenated alkanes) is 1. The van der Waals surface area contributed by atoms with E-state index < -0.39 is 5.60 Å². The summed E-state index contributed by atoms with van der Waals surface area (Å²) in [6.07, 6.45) is 5.37. The molecule has 1 aliphatic rings. The van der Waals surface area contributed by atoms with Crippen molar-refractivity contribution >= 4 is 0 Å². The lowest BCUT2D eigenvalue weighted by molar-refractivity contribution is -0.0130. The Labute approximate surface area is 164 Å². The van der Waals surface area contributed by atoms with E-state index in [4.69, 9.17) is 4.74 Å². The summed E-state index contributed by atoms with van der Waals surface area (Å²) in [5, 5.41) is 12.1. The Hall–Kier alpha value is -1.84. The van der Waals surface area contributed by atoms with E-state index in [1.807, 2.05) is 24.3 Å². The fourth-order valence-corrected chi connectivity index (χ4v) is 4.29. The van der Waals surface area contributed by atoms with Crippen molar-refractivity contribution in [2.75, 3.05) is 26.7 Å². The number of ether oxygens (including phenoxy) is 1. The van der Waals surface area contributed by atoms with Crippen LogP contribution in [-0.2, 0) is 5.60 Å². The molecule has 2 atom stereocenters. The van der Waals surface area contributed by atoms with E-state index in [2.05, 4.69) is 42.2 Å². The Morgan fingerprint density at radius 1 is 1.04 bits per heavy atom. The molecule has 1 N–H and O–H groups in total. The number of methoxy groups -OCH3 is 1. The zero-order chi connectivity index (χ0) is 19.1. The van der Waals surface area contributed by atoms with E-state index >= 15 is 0 Å². The Bertz CT molecular complexity index is 679. The molecule has 27 heavy (non-hydrogen) atoms. The molecule has 3 heteroatoms. The van der Waals surface area contributed by atoms with Crippen molar-refractivity contribution in [3.8, 4) is 5.75 Å². The van der Waals surface area contributed by atoms with Gasteiger partial charge in [-0.05, 0) is 55.6 Å². The number of likely N-dealkylation sites (tertiary alicyclic amines) is 1. The molecule has 0 amide bonds. The fraction of sp³-hybridized carbons (Fsp3) is 0.500. The Balaban J connectivity index is 1.99. The van der Waals surface area contributed by atoms with Crippen LogP contribution in [0.5, 0.6) is 5.75 Å². The van der Waals surface area contributed by atoms with Gasteiger partial charge in [-0.15, -0.1) is 0 Å². The monoisotopic (exact) mass is 367 g/mol. The zero-order valence-corrected chi connectivity index (χ0v) is 16.7. The van der Waals surface area contributed by atoms with Crippen LogP contribution in [0.2, 0.25) is 0 Å². The minimum atomic E-state index is -0.883. The normalized spacial score (nSPS) is 18.2. The maximum absolute atomic E-state index is 12.1. The lowest BCUT2D eigenvalue weighted by atomic mass is 9.74. The van der Waals surface area contributed by atoms with Crippen LogP contribution in [-0.4, -0.2) is 36.8 Å². The number of hydrogen-bond acceptors (Lipinski definition) is 3. The first kappa shape index (κ1) is 19.9. The van der Waals surface area contributed by atoms with Gasteiger partial charge in [-0.25, -0.2) is 0 Å². The van der Waals surface area contributed by atoms with E-state index in [1.54, 1.807) is 7.11 Å². The summed E-state index contributed by atoms with van der Waals surface area (Å²) in [5.74, 6) is 0.879. The molecule has 3 nitrogen and oxygen atoms in total. The third kappa shape index (κ3) is 4.72. The third-order valence-corrected chi connectivity index (χ3v) is 5.92. The van der Waals surface area contributed by atoms with Crippen molar-refractivity contribution in [2.45, 2.75) is 50.5 Å². The van der Waals surface area contributed by atoms with Crippen LogP contribution in [0.3, 0.4) is 0 Å². The summed E-state index contributed by atoms with van der Waals surface area (Å²) in [6.45, 7) is 5.36. The number of aliphatic hydroxyl groups is 1. The fourth-order valence-electron chi connectivity index (χ4n) is 4.29. The summed E-state index contributed by atoms with van der Waals surface area (Å²) < 4.78 is 5.33. The first-order valence-corrected chi connectivity index (χ1v) is 10.3. The lowest BCUT2D eigenvalue weighted by Gasteiger charge is -2.39. The van der Waals surface area contributed by atoms with E-state index in [1.165, 1.54) is 18.4 Å². The minimum Gasteiger partial charge on any atom is -0.497 e. The van der Waals surface area contributed by atoms with Crippen molar-refractivity contribution < 1.29 is 9.84 Å². The molecule has 2 aromatic carbocycles. The molecule has 2 aromatic rings. The quantitative estimate of drug-likeness (QED) is 0.680. The number of benzene rings is 2. The average Bonchev–Trinajstić information content (AvgIpc) is 3.24. The summed E-state index contributed by atoms with van der Waals surface area (Å²) in [7, 11) is 1.68. The Kier molecular flexibility index (Phi) is 6.92. The maximum Gasteiger partial charge on any atom is 0.118 e. The van der Waals surface area contributed by atoms with Crippen LogP contribution in [0.1, 0.15) is 56.1 Å².